The van der Waals surface area contributed by atoms with Crippen molar-refractivity contribution >= 4 is 11.0 Å². The van der Waals surface area contributed by atoms with Gasteiger partial charge in [-0.2, -0.15) is 0 Å². The van der Waals surface area contributed by atoms with Crippen LogP contribution >= 0.6 is 0 Å². The number of nitrogens with zero attached hydrogens (tertiary/aromatic N) is 1. The third-order valence-electron chi connectivity index (χ3n) is 6.66. The summed E-state index contributed by atoms with van der Waals surface area (Å²) in [5.74, 6) is 1.72. The van der Waals surface area contributed by atoms with Crippen LogP contribution in [0.5, 0.6) is 5.75 Å². The second kappa shape index (κ2) is 8.52. The molecule has 0 spiro atoms. The van der Waals surface area contributed by atoms with Crippen LogP contribution in [0.1, 0.15) is 49.8 Å². The standard InChI is InChI=1S/C25H31N3O3/c1-16(5-6-17-9-11-19(12-10-17)31-15-18-7-8-18)26-22-13-14-28-23-20(24(22)29)3-2-4-21(23)27-25(28)30/h2-4,9-12,16,18,22,24,26,29H,5-8,13-15H2,1H3,(H,27,30)/t16?,22-,24+/m1/s1. The molecule has 0 radical (unpaired) electrons. The van der Waals surface area contributed by atoms with Gasteiger partial charge in [0.2, 0.25) is 0 Å². The molecule has 1 saturated carbocycles. The van der Waals surface area contributed by atoms with E-state index in [2.05, 4.69) is 41.5 Å². The molecule has 2 aliphatic rings. The number of aryl methyl sites for hydroxylation is 2. The third kappa shape index (κ3) is 4.41. The number of aromatic amines is 1. The first-order chi connectivity index (χ1) is 15.1. The Hall–Kier alpha value is -2.57. The second-order valence-electron chi connectivity index (χ2n) is 9.17. The number of para-hydroxylation sites is 1. The van der Waals surface area contributed by atoms with Crippen LogP contribution in [-0.4, -0.2) is 33.3 Å². The maximum Gasteiger partial charge on any atom is 0.326 e. The van der Waals surface area contributed by atoms with Crippen LogP contribution in [0.2, 0.25) is 0 Å². The Bertz CT molecular complexity index is 1100. The number of hydrogen-bond acceptors (Lipinski definition) is 4. The second-order valence-corrected chi connectivity index (χ2v) is 9.17. The maximum atomic E-state index is 12.3. The van der Waals surface area contributed by atoms with Gasteiger partial charge in [0, 0.05) is 24.2 Å². The first kappa shape index (κ1) is 20.3. The summed E-state index contributed by atoms with van der Waals surface area (Å²) in [5, 5.41) is 14.7. The molecule has 31 heavy (non-hydrogen) atoms. The van der Waals surface area contributed by atoms with Gasteiger partial charge in [-0.05, 0) is 68.7 Å². The molecule has 1 unspecified atom stereocenters. The SMILES string of the molecule is CC(CCc1ccc(OCC2CC2)cc1)N[C@@H]1CCn2c(=O)[nH]c3cccc(c32)[C@@H]1O. The Labute approximate surface area is 182 Å². The van der Waals surface area contributed by atoms with Crippen molar-refractivity contribution in [2.24, 2.45) is 5.92 Å². The summed E-state index contributed by atoms with van der Waals surface area (Å²) < 4.78 is 7.58. The quantitative estimate of drug-likeness (QED) is 0.520. The van der Waals surface area contributed by atoms with Crippen molar-refractivity contribution in [2.75, 3.05) is 6.61 Å². The number of hydrogen-bond donors (Lipinski definition) is 3. The van der Waals surface area contributed by atoms with E-state index in [9.17, 15) is 9.90 Å². The molecule has 1 aromatic heterocycles. The highest BCUT2D eigenvalue weighted by atomic mass is 16.5. The average molecular weight is 422 g/mol. The number of aromatic nitrogens is 2. The Morgan fingerprint density at radius 2 is 2.00 bits per heavy atom. The number of rotatable bonds is 8. The third-order valence-corrected chi connectivity index (χ3v) is 6.66. The highest BCUT2D eigenvalue weighted by Crippen LogP contribution is 2.31. The molecule has 3 atom stereocenters. The summed E-state index contributed by atoms with van der Waals surface area (Å²) in [6.45, 7) is 3.60. The molecule has 1 aliphatic carbocycles. The lowest BCUT2D eigenvalue weighted by Gasteiger charge is -2.26. The lowest BCUT2D eigenvalue weighted by Crippen LogP contribution is -2.41. The summed E-state index contributed by atoms with van der Waals surface area (Å²) in [6.07, 6.45) is 4.61. The van der Waals surface area contributed by atoms with Crippen molar-refractivity contribution in [3.63, 3.8) is 0 Å². The summed E-state index contributed by atoms with van der Waals surface area (Å²) in [6, 6.07) is 14.3. The molecule has 3 aromatic rings. The zero-order valence-electron chi connectivity index (χ0n) is 18.0. The molecule has 5 rings (SSSR count). The number of ether oxygens (including phenoxy) is 1. The summed E-state index contributed by atoms with van der Waals surface area (Å²) in [7, 11) is 0. The van der Waals surface area contributed by atoms with Crippen LogP contribution in [0.3, 0.4) is 0 Å². The van der Waals surface area contributed by atoms with Gasteiger partial charge in [-0.15, -0.1) is 0 Å². The Morgan fingerprint density at radius 1 is 1.19 bits per heavy atom. The predicted octanol–water partition coefficient (Wildman–Crippen LogP) is 3.54. The van der Waals surface area contributed by atoms with E-state index in [-0.39, 0.29) is 17.8 Å². The first-order valence-corrected chi connectivity index (χ1v) is 11.5. The van der Waals surface area contributed by atoms with E-state index in [0.717, 1.165) is 47.7 Å². The Kier molecular flexibility index (Phi) is 5.59. The fraction of sp³-hybridized carbons (Fsp3) is 0.480. The largest absolute Gasteiger partial charge is 0.493 e. The van der Waals surface area contributed by atoms with E-state index in [0.29, 0.717) is 13.0 Å². The van der Waals surface area contributed by atoms with Crippen LogP contribution in [0.15, 0.2) is 47.3 Å². The lowest BCUT2D eigenvalue weighted by atomic mass is 9.98. The van der Waals surface area contributed by atoms with E-state index >= 15 is 0 Å². The predicted molar refractivity (Wildman–Crippen MR) is 122 cm³/mol. The van der Waals surface area contributed by atoms with Crippen LogP contribution < -0.4 is 15.7 Å². The molecular weight excluding hydrogens is 390 g/mol. The van der Waals surface area contributed by atoms with Crippen molar-refractivity contribution in [1.29, 1.82) is 0 Å². The average Bonchev–Trinajstić information content (AvgIpc) is 3.56. The van der Waals surface area contributed by atoms with Gasteiger partial charge in [-0.3, -0.25) is 4.57 Å². The van der Waals surface area contributed by atoms with E-state index in [4.69, 9.17) is 4.74 Å². The van der Waals surface area contributed by atoms with Gasteiger partial charge in [-0.25, -0.2) is 4.79 Å². The topological polar surface area (TPSA) is 79.3 Å². The molecule has 2 aromatic carbocycles. The molecule has 1 fully saturated rings. The van der Waals surface area contributed by atoms with Gasteiger partial charge in [0.05, 0.1) is 23.7 Å². The minimum Gasteiger partial charge on any atom is -0.493 e. The van der Waals surface area contributed by atoms with Crippen LogP contribution in [0, 0.1) is 5.92 Å². The van der Waals surface area contributed by atoms with Crippen molar-refractivity contribution in [1.82, 2.24) is 14.9 Å². The number of nitrogens with one attached hydrogen (secondary N) is 2. The fourth-order valence-corrected chi connectivity index (χ4v) is 4.60. The van der Waals surface area contributed by atoms with E-state index in [1.165, 1.54) is 18.4 Å². The minimum absolute atomic E-state index is 0.0851. The van der Waals surface area contributed by atoms with Crippen LogP contribution in [-0.2, 0) is 13.0 Å². The molecule has 0 saturated heterocycles. The van der Waals surface area contributed by atoms with E-state index < -0.39 is 6.10 Å². The number of aliphatic hydroxyl groups is 1. The number of benzene rings is 2. The highest BCUT2D eigenvalue weighted by Gasteiger charge is 2.29. The molecular formula is C25H31N3O3. The molecule has 2 heterocycles. The van der Waals surface area contributed by atoms with Crippen LogP contribution in [0.25, 0.3) is 11.0 Å². The highest BCUT2D eigenvalue weighted by molar-refractivity contribution is 5.79. The van der Waals surface area contributed by atoms with Crippen molar-refractivity contribution in [3.8, 4) is 5.75 Å². The number of imidazole rings is 1. The smallest absolute Gasteiger partial charge is 0.326 e. The van der Waals surface area contributed by atoms with Crippen molar-refractivity contribution in [3.05, 3.63) is 64.1 Å². The summed E-state index contributed by atoms with van der Waals surface area (Å²) >= 11 is 0. The molecule has 164 valence electrons. The maximum absolute atomic E-state index is 12.3. The molecule has 6 heteroatoms. The Morgan fingerprint density at radius 3 is 2.77 bits per heavy atom. The molecule has 0 amide bonds. The summed E-state index contributed by atoms with van der Waals surface area (Å²) in [4.78, 5) is 15.2. The van der Waals surface area contributed by atoms with Gasteiger partial charge >= 0.3 is 5.69 Å². The number of aliphatic hydroxyl groups excluding tert-OH is 1. The molecule has 0 bridgehead atoms. The first-order valence-electron chi connectivity index (χ1n) is 11.5. The zero-order valence-corrected chi connectivity index (χ0v) is 18.0. The van der Waals surface area contributed by atoms with E-state index in [1.54, 1.807) is 4.57 Å². The fourth-order valence-electron chi connectivity index (χ4n) is 4.60. The Balaban J connectivity index is 1.18. The normalized spacial score (nSPS) is 21.7. The lowest BCUT2D eigenvalue weighted by molar-refractivity contribution is 0.119. The molecule has 1 aliphatic heterocycles. The van der Waals surface area contributed by atoms with E-state index in [1.807, 2.05) is 18.2 Å². The van der Waals surface area contributed by atoms with Crippen molar-refractivity contribution in [2.45, 2.75) is 63.8 Å². The zero-order chi connectivity index (χ0) is 21.4. The number of H-pyrrole nitrogens is 1. The summed E-state index contributed by atoms with van der Waals surface area (Å²) in [5.41, 5.74) is 3.63. The monoisotopic (exact) mass is 421 g/mol. The van der Waals surface area contributed by atoms with Crippen LogP contribution in [0.4, 0.5) is 0 Å². The van der Waals surface area contributed by atoms with Crippen molar-refractivity contribution < 1.29 is 9.84 Å². The minimum atomic E-state index is -0.641. The van der Waals surface area contributed by atoms with Gasteiger partial charge in [0.25, 0.3) is 0 Å². The van der Waals surface area contributed by atoms with Gasteiger partial charge in [0.1, 0.15) is 5.75 Å². The molecule has 3 N–H and O–H groups in total. The van der Waals surface area contributed by atoms with Gasteiger partial charge < -0.3 is 20.1 Å². The van der Waals surface area contributed by atoms with Gasteiger partial charge in [-0.1, -0.05) is 24.3 Å². The molecule has 6 nitrogen and oxygen atoms in total. The van der Waals surface area contributed by atoms with Gasteiger partial charge in [0.15, 0.2) is 0 Å².